The molecule has 1 aliphatic carbocycles. The Balaban J connectivity index is 0.892. The average Bonchev–Trinajstić information content (AvgIpc) is 3.79. The Morgan fingerprint density at radius 3 is 2.52 bits per heavy atom. The van der Waals surface area contributed by atoms with Gasteiger partial charge in [0.15, 0.2) is 11.6 Å². The molecule has 10 nitrogen and oxygen atoms in total. The van der Waals surface area contributed by atoms with E-state index in [-0.39, 0.29) is 17.2 Å². The van der Waals surface area contributed by atoms with E-state index >= 15 is 0 Å². The monoisotopic (exact) mass is 722 g/mol. The van der Waals surface area contributed by atoms with Crippen molar-refractivity contribution in [2.24, 2.45) is 5.41 Å². The predicted molar refractivity (Wildman–Crippen MR) is 205 cm³/mol. The Kier molecular flexibility index (Phi) is 7.87. The van der Waals surface area contributed by atoms with E-state index in [1.54, 1.807) is 35.2 Å². The summed E-state index contributed by atoms with van der Waals surface area (Å²) in [5.41, 5.74) is 7.78. The van der Waals surface area contributed by atoms with Crippen molar-refractivity contribution in [1.82, 2.24) is 15.0 Å². The zero-order valence-electron chi connectivity index (χ0n) is 29.8. The maximum absolute atomic E-state index is 14.8. The van der Waals surface area contributed by atoms with E-state index in [9.17, 15) is 14.0 Å². The number of carbonyl (C=O) groups is 2. The number of carbonyl (C=O) groups excluding carboxylic acids is 2. The summed E-state index contributed by atoms with van der Waals surface area (Å²) in [5, 5.41) is 3.07. The van der Waals surface area contributed by atoms with Gasteiger partial charge in [0.25, 0.3) is 11.8 Å². The molecular weight excluding hydrogens is 684 g/mol. The lowest BCUT2D eigenvalue weighted by Crippen LogP contribution is -2.59. The molecule has 0 unspecified atom stereocenters. The van der Waals surface area contributed by atoms with Crippen LogP contribution in [0.2, 0.25) is 0 Å². The van der Waals surface area contributed by atoms with Crippen LogP contribution in [0.25, 0.3) is 33.9 Å². The zero-order chi connectivity index (χ0) is 36.4. The number of aromatic amines is 1. The minimum atomic E-state index is -0.450. The number of furan rings is 1. The second-order valence-electron chi connectivity index (χ2n) is 15.1. The normalized spacial score (nSPS) is 17.4. The lowest BCUT2D eigenvalue weighted by atomic mass is 9.73. The van der Waals surface area contributed by atoms with Crippen LogP contribution in [-0.4, -0.2) is 59.6 Å². The number of hydrogen-bond acceptors (Lipinski definition) is 7. The highest BCUT2D eigenvalue weighted by atomic mass is 19.1. The topological polar surface area (TPSA) is 117 Å². The van der Waals surface area contributed by atoms with Crippen LogP contribution in [0.1, 0.15) is 63.2 Å². The fourth-order valence-corrected chi connectivity index (χ4v) is 8.63. The number of aromatic nitrogens is 3. The molecule has 272 valence electrons. The van der Waals surface area contributed by atoms with E-state index in [2.05, 4.69) is 20.2 Å². The first-order valence-electron chi connectivity index (χ1n) is 18.9. The molecule has 4 aliphatic rings. The molecule has 11 heteroatoms. The molecule has 2 amide bonds. The second kappa shape index (κ2) is 12.9. The van der Waals surface area contributed by atoms with Gasteiger partial charge in [-0.3, -0.25) is 9.59 Å². The largest absolute Gasteiger partial charge is 0.452 e. The highest BCUT2D eigenvalue weighted by Crippen LogP contribution is 2.44. The Morgan fingerprint density at radius 1 is 0.870 bits per heavy atom. The number of pyridine rings is 1. The smallest absolute Gasteiger partial charge is 0.259 e. The van der Waals surface area contributed by atoms with Crippen molar-refractivity contribution in [1.29, 1.82) is 0 Å². The molecule has 10 rings (SSSR count). The number of amides is 2. The van der Waals surface area contributed by atoms with Crippen molar-refractivity contribution >= 4 is 40.0 Å². The van der Waals surface area contributed by atoms with Crippen LogP contribution in [0.5, 0.6) is 0 Å². The van der Waals surface area contributed by atoms with Gasteiger partial charge in [-0.1, -0.05) is 12.1 Å². The summed E-state index contributed by atoms with van der Waals surface area (Å²) in [7, 11) is 0. The number of rotatable bonds is 5. The maximum Gasteiger partial charge on any atom is 0.259 e. The van der Waals surface area contributed by atoms with Gasteiger partial charge in [0.1, 0.15) is 17.4 Å². The van der Waals surface area contributed by atoms with Crippen molar-refractivity contribution in [2.45, 2.75) is 44.9 Å². The first-order valence-corrected chi connectivity index (χ1v) is 18.9. The fourth-order valence-electron chi connectivity index (χ4n) is 8.63. The minimum Gasteiger partial charge on any atom is -0.452 e. The second-order valence-corrected chi connectivity index (χ2v) is 15.1. The first-order chi connectivity index (χ1) is 26.4. The molecule has 2 N–H and O–H groups in total. The van der Waals surface area contributed by atoms with Crippen molar-refractivity contribution in [3.63, 3.8) is 0 Å². The zero-order valence-corrected chi connectivity index (χ0v) is 29.8. The predicted octanol–water partition coefficient (Wildman–Crippen LogP) is 7.97. The van der Waals surface area contributed by atoms with Crippen LogP contribution in [0.4, 0.5) is 21.6 Å². The van der Waals surface area contributed by atoms with Gasteiger partial charge in [-0.2, -0.15) is 0 Å². The van der Waals surface area contributed by atoms with E-state index < -0.39 is 5.82 Å². The molecule has 3 aromatic heterocycles. The fraction of sp³-hybridized carbons (Fsp3) is 0.302. The summed E-state index contributed by atoms with van der Waals surface area (Å²) < 4.78 is 26.8. The van der Waals surface area contributed by atoms with Crippen molar-refractivity contribution in [2.75, 3.05) is 48.0 Å². The van der Waals surface area contributed by atoms with Gasteiger partial charge >= 0.3 is 0 Å². The van der Waals surface area contributed by atoms with Gasteiger partial charge in [-0.05, 0) is 117 Å². The molecule has 6 heterocycles. The molecule has 3 aliphatic heterocycles. The van der Waals surface area contributed by atoms with E-state index in [1.165, 1.54) is 12.1 Å². The Hall–Kier alpha value is -5.81. The summed E-state index contributed by atoms with van der Waals surface area (Å²) in [6.07, 6.45) is 6.64. The molecular formula is C43H39FN6O4. The summed E-state index contributed by atoms with van der Waals surface area (Å²) in [6.45, 7) is 3.65. The highest BCUT2D eigenvalue weighted by molar-refractivity contribution is 6.10. The van der Waals surface area contributed by atoms with Gasteiger partial charge in [-0.25, -0.2) is 14.4 Å². The van der Waals surface area contributed by atoms with Crippen LogP contribution in [-0.2, 0) is 24.0 Å². The van der Waals surface area contributed by atoms with Crippen molar-refractivity contribution in [3.8, 4) is 22.9 Å². The maximum atomic E-state index is 14.8. The van der Waals surface area contributed by atoms with Gasteiger partial charge in [0.05, 0.1) is 22.3 Å². The van der Waals surface area contributed by atoms with Crippen LogP contribution in [0, 0.1) is 11.2 Å². The molecule has 0 saturated carbocycles. The summed E-state index contributed by atoms with van der Waals surface area (Å²) in [5.74, 6) is 1.59. The number of nitrogens with zero attached hydrogens (tertiary/aromatic N) is 4. The van der Waals surface area contributed by atoms with Crippen LogP contribution < -0.4 is 15.1 Å². The lowest BCUT2D eigenvalue weighted by Gasteiger charge is -2.53. The molecule has 3 aromatic carbocycles. The van der Waals surface area contributed by atoms with E-state index in [1.807, 2.05) is 36.4 Å². The number of H-pyrrole nitrogens is 1. The molecule has 0 bridgehead atoms. The third kappa shape index (κ3) is 5.74. The van der Waals surface area contributed by atoms with Gasteiger partial charge < -0.3 is 29.3 Å². The third-order valence-corrected chi connectivity index (χ3v) is 11.6. The SMILES string of the molecule is O=C(Nc1ccc(C(=O)N2CCc3cc(-c4nc5ccccc5[nH]4)oc3-c3ccc(F)cc32)cc1)c1cc2c(nc1N1CC3(CCOCC3)C1)CCCC2. The van der Waals surface area contributed by atoms with Gasteiger partial charge in [0, 0.05) is 66.3 Å². The van der Waals surface area contributed by atoms with Crippen LogP contribution >= 0.6 is 0 Å². The molecule has 0 radical (unpaired) electrons. The van der Waals surface area contributed by atoms with E-state index in [4.69, 9.17) is 14.1 Å². The summed E-state index contributed by atoms with van der Waals surface area (Å²) in [6, 6.07) is 23.1. The van der Waals surface area contributed by atoms with Crippen LogP contribution in [0.3, 0.4) is 0 Å². The molecule has 2 fully saturated rings. The van der Waals surface area contributed by atoms with E-state index in [0.717, 1.165) is 98.5 Å². The molecule has 6 aromatic rings. The summed E-state index contributed by atoms with van der Waals surface area (Å²) in [4.78, 5) is 45.0. The number of halogens is 1. The highest BCUT2D eigenvalue weighted by Gasteiger charge is 2.45. The van der Waals surface area contributed by atoms with E-state index in [0.29, 0.717) is 58.4 Å². The Morgan fingerprint density at radius 2 is 1.69 bits per heavy atom. The number of ether oxygens (including phenoxy) is 1. The minimum absolute atomic E-state index is 0.217. The standard InChI is InChI=1S/C43H39FN6O4/c44-29-11-14-31-36(23-29)50(18-15-28-22-37(54-38(28)31)39-46-34-7-3-4-8-35(34)47-39)42(52)26-9-12-30(13-10-26)45-41(51)32-21-27-5-1-2-6-33(27)48-40(32)49-24-43(25-49)16-19-53-20-17-43/h3-4,7-14,21-23H,1-2,5-6,15-20,24-25H2,(H,45,51)(H,46,47). The third-order valence-electron chi connectivity index (χ3n) is 11.6. The number of anilines is 3. The number of fused-ring (bicyclic) bond motifs is 5. The number of aryl methyl sites for hydroxylation is 2. The Labute approximate surface area is 311 Å². The van der Waals surface area contributed by atoms with Crippen molar-refractivity contribution in [3.05, 3.63) is 113 Å². The summed E-state index contributed by atoms with van der Waals surface area (Å²) >= 11 is 0. The van der Waals surface area contributed by atoms with Gasteiger partial charge in [-0.15, -0.1) is 0 Å². The Bertz CT molecular complexity index is 2410. The number of nitrogens with one attached hydrogen (secondary N) is 2. The first kappa shape index (κ1) is 32.8. The van der Waals surface area contributed by atoms with Crippen LogP contribution in [0.15, 0.2) is 83.3 Å². The molecule has 54 heavy (non-hydrogen) atoms. The quantitative estimate of drug-likeness (QED) is 0.185. The number of imidazole rings is 1. The number of para-hydroxylation sites is 2. The lowest BCUT2D eigenvalue weighted by molar-refractivity contribution is -0.000524. The number of benzene rings is 3. The average molecular weight is 723 g/mol. The number of hydrogen-bond donors (Lipinski definition) is 2. The van der Waals surface area contributed by atoms with Gasteiger partial charge in [0.2, 0.25) is 0 Å². The van der Waals surface area contributed by atoms with Crippen molar-refractivity contribution < 1.29 is 23.1 Å². The molecule has 0 atom stereocenters. The molecule has 2 saturated heterocycles. The molecule has 1 spiro atoms.